The first-order valence-electron chi connectivity index (χ1n) is 9.60. The molecule has 3 aromatic carbocycles. The van der Waals surface area contributed by atoms with E-state index >= 15 is 0 Å². The summed E-state index contributed by atoms with van der Waals surface area (Å²) in [6.07, 6.45) is 0.837. The van der Waals surface area contributed by atoms with Gasteiger partial charge >= 0.3 is 0 Å². The van der Waals surface area contributed by atoms with Gasteiger partial charge in [0.15, 0.2) is 0 Å². The zero-order chi connectivity index (χ0) is 21.1. The Balaban J connectivity index is 1.57. The molecule has 0 bridgehead atoms. The molecular weight excluding hydrogens is 405 g/mol. The Morgan fingerprint density at radius 1 is 1.03 bits per heavy atom. The Bertz CT molecular complexity index is 1160. The van der Waals surface area contributed by atoms with Crippen molar-refractivity contribution in [3.63, 3.8) is 0 Å². The van der Waals surface area contributed by atoms with Crippen LogP contribution in [0.2, 0.25) is 0 Å². The predicted molar refractivity (Wildman–Crippen MR) is 111 cm³/mol. The fourth-order valence-corrected chi connectivity index (χ4v) is 4.95. The van der Waals surface area contributed by atoms with Crippen LogP contribution >= 0.6 is 0 Å². The largest absolute Gasteiger partial charge is 0.495 e. The topological polar surface area (TPSA) is 64.6 Å². The summed E-state index contributed by atoms with van der Waals surface area (Å²) in [5, 5.41) is 3.26. The average molecular weight is 427 g/mol. The summed E-state index contributed by atoms with van der Waals surface area (Å²) in [5.74, 6) is 0.522. The number of fused-ring (bicyclic) bond motifs is 1. The van der Waals surface area contributed by atoms with Crippen LogP contribution in [0.4, 0.5) is 4.39 Å². The third-order valence-electron chi connectivity index (χ3n) is 5.09. The molecule has 0 aromatic heterocycles. The molecule has 0 saturated heterocycles. The molecule has 0 spiro atoms. The highest BCUT2D eigenvalue weighted by atomic mass is 32.2. The van der Waals surface area contributed by atoms with E-state index in [0.717, 1.165) is 24.1 Å². The van der Waals surface area contributed by atoms with Crippen LogP contribution in [-0.2, 0) is 29.4 Å². The highest BCUT2D eigenvalue weighted by Gasteiger charge is 2.25. The maximum Gasteiger partial charge on any atom is 0.210 e. The van der Waals surface area contributed by atoms with E-state index in [-0.39, 0.29) is 22.2 Å². The van der Waals surface area contributed by atoms with Crippen molar-refractivity contribution in [3.05, 3.63) is 83.2 Å². The zero-order valence-electron chi connectivity index (χ0n) is 16.5. The molecule has 0 radical (unpaired) electrons. The Morgan fingerprint density at radius 3 is 2.57 bits per heavy atom. The number of sulfone groups is 1. The number of benzene rings is 3. The first-order valence-corrected chi connectivity index (χ1v) is 11.1. The minimum atomic E-state index is -3.76. The molecule has 7 heteroatoms. The third-order valence-corrected chi connectivity index (χ3v) is 6.88. The molecule has 4 rings (SSSR count). The Hall–Kier alpha value is -2.90. The van der Waals surface area contributed by atoms with Crippen molar-refractivity contribution in [2.45, 2.75) is 29.4 Å². The summed E-state index contributed by atoms with van der Waals surface area (Å²) in [5.41, 5.74) is 2.76. The average Bonchev–Trinajstić information content (AvgIpc) is 2.77. The van der Waals surface area contributed by atoms with Crippen molar-refractivity contribution >= 4 is 9.84 Å². The van der Waals surface area contributed by atoms with Gasteiger partial charge in [-0.3, -0.25) is 0 Å². The maximum atomic E-state index is 13.3. The van der Waals surface area contributed by atoms with E-state index in [2.05, 4.69) is 5.32 Å². The molecule has 0 amide bonds. The van der Waals surface area contributed by atoms with E-state index < -0.39 is 9.84 Å². The second-order valence-corrected chi connectivity index (χ2v) is 9.01. The molecule has 1 aliphatic rings. The third kappa shape index (κ3) is 4.17. The van der Waals surface area contributed by atoms with E-state index in [1.54, 1.807) is 30.3 Å². The number of nitrogens with one attached hydrogen (secondary N) is 1. The van der Waals surface area contributed by atoms with Crippen LogP contribution < -0.4 is 14.8 Å². The van der Waals surface area contributed by atoms with Gasteiger partial charge in [-0.1, -0.05) is 12.1 Å². The molecule has 1 N–H and O–H groups in total. The number of methoxy groups -OCH3 is 1. The van der Waals surface area contributed by atoms with Crippen molar-refractivity contribution in [1.82, 2.24) is 5.32 Å². The summed E-state index contributed by atoms with van der Waals surface area (Å²) in [4.78, 5) is 0.309. The molecule has 3 aromatic rings. The fourth-order valence-electron chi connectivity index (χ4n) is 3.49. The first-order chi connectivity index (χ1) is 14.5. The molecule has 0 unspecified atom stereocenters. The fraction of sp³-hybridized carbons (Fsp3) is 0.217. The van der Waals surface area contributed by atoms with Crippen molar-refractivity contribution in [3.8, 4) is 11.5 Å². The van der Waals surface area contributed by atoms with Crippen LogP contribution in [0.3, 0.4) is 0 Å². The normalized spacial score (nSPS) is 13.5. The lowest BCUT2D eigenvalue weighted by Crippen LogP contribution is -2.24. The Kier molecular flexibility index (Phi) is 5.74. The lowest BCUT2D eigenvalue weighted by Gasteiger charge is -2.20. The smallest absolute Gasteiger partial charge is 0.210 e. The van der Waals surface area contributed by atoms with E-state index in [9.17, 15) is 12.8 Å². The minimum Gasteiger partial charge on any atom is -0.495 e. The highest BCUT2D eigenvalue weighted by molar-refractivity contribution is 7.91. The van der Waals surface area contributed by atoms with Gasteiger partial charge in [0.2, 0.25) is 9.84 Å². The Labute approximate surface area is 175 Å². The highest BCUT2D eigenvalue weighted by Crippen LogP contribution is 2.34. The molecule has 0 fully saturated rings. The maximum absolute atomic E-state index is 13.3. The molecule has 30 heavy (non-hydrogen) atoms. The van der Waals surface area contributed by atoms with Crippen molar-refractivity contribution in [2.24, 2.45) is 0 Å². The number of rotatable bonds is 6. The molecule has 0 atom stereocenters. The van der Waals surface area contributed by atoms with Gasteiger partial charge in [0.1, 0.15) is 28.8 Å². The number of halogens is 1. The lowest BCUT2D eigenvalue weighted by atomic mass is 10.0. The molecule has 156 valence electrons. The summed E-state index contributed by atoms with van der Waals surface area (Å²) >= 11 is 0. The quantitative estimate of drug-likeness (QED) is 0.647. The summed E-state index contributed by atoms with van der Waals surface area (Å²) in [7, 11) is -2.29. The van der Waals surface area contributed by atoms with Gasteiger partial charge in [0.25, 0.3) is 0 Å². The standard InChI is InChI=1S/C23H22FNO4S/c1-28-22-12-17-9-10-25-14-18(17)13-23(22)30(26,27)21-7-5-20(6-8-21)29-15-16-3-2-4-19(24)11-16/h2-8,11-13,25H,9-10,14-15H2,1H3. The van der Waals surface area contributed by atoms with Crippen LogP contribution in [0.25, 0.3) is 0 Å². The van der Waals surface area contributed by atoms with Gasteiger partial charge < -0.3 is 14.8 Å². The van der Waals surface area contributed by atoms with Gasteiger partial charge in [0, 0.05) is 6.54 Å². The molecule has 1 aliphatic heterocycles. The monoisotopic (exact) mass is 427 g/mol. The summed E-state index contributed by atoms with van der Waals surface area (Å²) < 4.78 is 50.8. The number of ether oxygens (including phenoxy) is 2. The van der Waals surface area contributed by atoms with Crippen LogP contribution in [-0.4, -0.2) is 22.1 Å². The van der Waals surface area contributed by atoms with Gasteiger partial charge in [-0.15, -0.1) is 0 Å². The minimum absolute atomic E-state index is 0.154. The van der Waals surface area contributed by atoms with E-state index in [1.165, 1.54) is 31.4 Å². The van der Waals surface area contributed by atoms with Crippen LogP contribution in [0.1, 0.15) is 16.7 Å². The van der Waals surface area contributed by atoms with E-state index in [1.807, 2.05) is 6.07 Å². The Morgan fingerprint density at radius 2 is 1.83 bits per heavy atom. The van der Waals surface area contributed by atoms with Crippen LogP contribution in [0.15, 0.2) is 70.5 Å². The molecule has 5 nitrogen and oxygen atoms in total. The van der Waals surface area contributed by atoms with Crippen molar-refractivity contribution in [2.75, 3.05) is 13.7 Å². The SMILES string of the molecule is COc1cc2c(cc1S(=O)(=O)c1ccc(OCc3cccc(F)c3)cc1)CNCC2. The first kappa shape index (κ1) is 20.4. The second kappa shape index (κ2) is 8.45. The van der Waals surface area contributed by atoms with E-state index in [4.69, 9.17) is 9.47 Å². The summed E-state index contributed by atoms with van der Waals surface area (Å²) in [6, 6.07) is 15.9. The molecular formula is C23H22FNO4S. The lowest BCUT2D eigenvalue weighted by molar-refractivity contribution is 0.305. The van der Waals surface area contributed by atoms with Crippen molar-refractivity contribution in [1.29, 1.82) is 0 Å². The van der Waals surface area contributed by atoms with Crippen LogP contribution in [0, 0.1) is 5.82 Å². The molecule has 1 heterocycles. The zero-order valence-corrected chi connectivity index (χ0v) is 17.3. The molecule has 0 aliphatic carbocycles. The van der Waals surface area contributed by atoms with Crippen LogP contribution in [0.5, 0.6) is 11.5 Å². The molecule has 0 saturated carbocycles. The van der Waals surface area contributed by atoms with Gasteiger partial charge in [0.05, 0.1) is 12.0 Å². The second-order valence-electron chi connectivity index (χ2n) is 7.09. The van der Waals surface area contributed by atoms with Gasteiger partial charge in [-0.2, -0.15) is 0 Å². The van der Waals surface area contributed by atoms with Gasteiger partial charge in [-0.05, 0) is 78.2 Å². The number of hydrogen-bond acceptors (Lipinski definition) is 5. The summed E-state index contributed by atoms with van der Waals surface area (Å²) in [6.45, 7) is 1.68. The predicted octanol–water partition coefficient (Wildman–Crippen LogP) is 3.89. The van der Waals surface area contributed by atoms with Crippen molar-refractivity contribution < 1.29 is 22.3 Å². The van der Waals surface area contributed by atoms with E-state index in [0.29, 0.717) is 23.6 Å². The van der Waals surface area contributed by atoms with Gasteiger partial charge in [-0.25, -0.2) is 12.8 Å². The number of hydrogen-bond donors (Lipinski definition) is 1.